The molecule has 0 amide bonds. The van der Waals surface area contributed by atoms with Gasteiger partial charge in [-0.05, 0) is 42.8 Å². The van der Waals surface area contributed by atoms with Gasteiger partial charge in [0.15, 0.2) is 23.0 Å². The van der Waals surface area contributed by atoms with E-state index in [1.807, 2.05) is 0 Å². The second-order valence-electron chi connectivity index (χ2n) is 5.28. The predicted octanol–water partition coefficient (Wildman–Crippen LogP) is 3.90. The Morgan fingerprint density at radius 1 is 0.885 bits per heavy atom. The highest BCUT2D eigenvalue weighted by atomic mass is 16.5. The molecular weight excluding hydrogens is 336 g/mol. The standard InChI is InChI=1S/C12H16O3.C8H8O3/c1-3-4-7-15-11-6-5-10(9-13)8-12(11)14-2;1-11-8-4-6(5-9)2-3-7(8)10/h5-6,8-9H,3-4,7H2,1-2H3;2-5,10H,1H3. The van der Waals surface area contributed by atoms with Crippen LogP contribution in [0.4, 0.5) is 0 Å². The third kappa shape index (κ3) is 6.47. The predicted molar refractivity (Wildman–Crippen MR) is 98.8 cm³/mol. The molecule has 6 heteroatoms. The monoisotopic (exact) mass is 360 g/mol. The van der Waals surface area contributed by atoms with E-state index in [9.17, 15) is 9.59 Å². The summed E-state index contributed by atoms with van der Waals surface area (Å²) >= 11 is 0. The largest absolute Gasteiger partial charge is 0.504 e. The highest BCUT2D eigenvalue weighted by Crippen LogP contribution is 2.27. The molecule has 6 nitrogen and oxygen atoms in total. The van der Waals surface area contributed by atoms with Crippen molar-refractivity contribution in [2.45, 2.75) is 19.8 Å². The highest BCUT2D eigenvalue weighted by Gasteiger charge is 2.04. The number of methoxy groups -OCH3 is 2. The smallest absolute Gasteiger partial charge is 0.161 e. The molecule has 26 heavy (non-hydrogen) atoms. The van der Waals surface area contributed by atoms with Crippen molar-refractivity contribution in [3.05, 3.63) is 47.5 Å². The lowest BCUT2D eigenvalue weighted by Crippen LogP contribution is -1.99. The average molecular weight is 360 g/mol. The number of carbonyl (C=O) groups excluding carboxylic acids is 2. The number of rotatable bonds is 8. The zero-order valence-corrected chi connectivity index (χ0v) is 15.2. The first-order valence-electron chi connectivity index (χ1n) is 8.17. The number of benzene rings is 2. The fraction of sp³-hybridized carbons (Fsp3) is 0.300. The van der Waals surface area contributed by atoms with E-state index in [0.29, 0.717) is 41.3 Å². The van der Waals surface area contributed by atoms with Crippen LogP contribution in [0.2, 0.25) is 0 Å². The Labute approximate surface area is 153 Å². The van der Waals surface area contributed by atoms with Crippen LogP contribution in [0.15, 0.2) is 36.4 Å². The highest BCUT2D eigenvalue weighted by molar-refractivity contribution is 5.76. The van der Waals surface area contributed by atoms with Gasteiger partial charge in [0.1, 0.15) is 12.6 Å². The van der Waals surface area contributed by atoms with Crippen molar-refractivity contribution in [2.24, 2.45) is 0 Å². The van der Waals surface area contributed by atoms with Crippen molar-refractivity contribution in [3.63, 3.8) is 0 Å². The van der Waals surface area contributed by atoms with Crippen molar-refractivity contribution in [2.75, 3.05) is 20.8 Å². The molecule has 2 aromatic rings. The van der Waals surface area contributed by atoms with Crippen LogP contribution in [0.5, 0.6) is 23.0 Å². The molecule has 0 aromatic heterocycles. The maximum absolute atomic E-state index is 10.5. The number of ether oxygens (including phenoxy) is 3. The van der Waals surface area contributed by atoms with Crippen molar-refractivity contribution in [3.8, 4) is 23.0 Å². The van der Waals surface area contributed by atoms with Crippen LogP contribution < -0.4 is 14.2 Å². The Kier molecular flexibility index (Phi) is 9.31. The van der Waals surface area contributed by atoms with Gasteiger partial charge in [0.2, 0.25) is 0 Å². The van der Waals surface area contributed by atoms with Gasteiger partial charge in [-0.1, -0.05) is 13.3 Å². The van der Waals surface area contributed by atoms with E-state index in [-0.39, 0.29) is 5.75 Å². The molecule has 1 N–H and O–H groups in total. The summed E-state index contributed by atoms with van der Waals surface area (Å²) in [4.78, 5) is 20.8. The van der Waals surface area contributed by atoms with Crippen LogP contribution in [-0.4, -0.2) is 38.5 Å². The summed E-state index contributed by atoms with van der Waals surface area (Å²) in [5.41, 5.74) is 1.08. The first-order chi connectivity index (χ1) is 12.6. The number of carbonyl (C=O) groups is 2. The molecule has 0 aliphatic heterocycles. The van der Waals surface area contributed by atoms with Gasteiger partial charge in [0, 0.05) is 11.1 Å². The molecule has 0 atom stereocenters. The molecule has 0 saturated carbocycles. The molecule has 0 aliphatic carbocycles. The van der Waals surface area contributed by atoms with E-state index in [4.69, 9.17) is 19.3 Å². The second kappa shape index (κ2) is 11.5. The molecule has 0 saturated heterocycles. The van der Waals surface area contributed by atoms with E-state index in [0.717, 1.165) is 19.1 Å². The van der Waals surface area contributed by atoms with Crippen molar-refractivity contribution >= 4 is 12.6 Å². The fourth-order valence-corrected chi connectivity index (χ4v) is 1.97. The van der Waals surface area contributed by atoms with Gasteiger partial charge in [-0.3, -0.25) is 9.59 Å². The Hall–Kier alpha value is -3.02. The molecule has 140 valence electrons. The van der Waals surface area contributed by atoms with Crippen molar-refractivity contribution < 1.29 is 28.9 Å². The molecule has 2 rings (SSSR count). The lowest BCUT2D eigenvalue weighted by Gasteiger charge is -2.10. The summed E-state index contributed by atoms with van der Waals surface area (Å²) in [6.45, 7) is 2.78. The summed E-state index contributed by atoms with van der Waals surface area (Å²) in [6.07, 6.45) is 3.59. The summed E-state index contributed by atoms with van der Waals surface area (Å²) in [7, 11) is 3.00. The molecule has 0 spiro atoms. The van der Waals surface area contributed by atoms with E-state index >= 15 is 0 Å². The molecule has 2 aromatic carbocycles. The number of phenols is 1. The van der Waals surface area contributed by atoms with Crippen LogP contribution in [0.3, 0.4) is 0 Å². The average Bonchev–Trinajstić information content (AvgIpc) is 2.69. The topological polar surface area (TPSA) is 82.1 Å². The molecule has 0 bridgehead atoms. The first-order valence-corrected chi connectivity index (χ1v) is 8.17. The zero-order chi connectivity index (χ0) is 19.4. The minimum Gasteiger partial charge on any atom is -0.504 e. The number of unbranched alkanes of at least 4 members (excludes halogenated alkanes) is 1. The van der Waals surface area contributed by atoms with Gasteiger partial charge in [-0.15, -0.1) is 0 Å². The summed E-state index contributed by atoms with van der Waals surface area (Å²) in [6, 6.07) is 9.57. The van der Waals surface area contributed by atoms with E-state index in [1.54, 1.807) is 25.3 Å². The lowest BCUT2D eigenvalue weighted by atomic mass is 10.2. The number of hydrogen-bond donors (Lipinski definition) is 1. The van der Waals surface area contributed by atoms with E-state index < -0.39 is 0 Å². The maximum Gasteiger partial charge on any atom is 0.161 e. The minimum absolute atomic E-state index is 0.0399. The van der Waals surface area contributed by atoms with Crippen LogP contribution in [0, 0.1) is 0 Å². The third-order valence-electron chi connectivity index (χ3n) is 3.42. The summed E-state index contributed by atoms with van der Waals surface area (Å²) < 4.78 is 15.4. The van der Waals surface area contributed by atoms with Crippen LogP contribution in [0.25, 0.3) is 0 Å². The maximum atomic E-state index is 10.5. The van der Waals surface area contributed by atoms with Gasteiger partial charge < -0.3 is 19.3 Å². The van der Waals surface area contributed by atoms with Crippen LogP contribution >= 0.6 is 0 Å². The Morgan fingerprint density at radius 2 is 1.46 bits per heavy atom. The number of aromatic hydroxyl groups is 1. The molecule has 0 unspecified atom stereocenters. The van der Waals surface area contributed by atoms with Gasteiger partial charge in [0.25, 0.3) is 0 Å². The first kappa shape index (κ1) is 21.0. The van der Waals surface area contributed by atoms with Crippen LogP contribution in [-0.2, 0) is 0 Å². The van der Waals surface area contributed by atoms with Crippen molar-refractivity contribution in [1.82, 2.24) is 0 Å². The Bertz CT molecular complexity index is 711. The molecule has 0 heterocycles. The SMILES string of the molecule is CCCCOc1ccc(C=O)cc1OC.COc1cc(C=O)ccc1O. The number of hydrogen-bond acceptors (Lipinski definition) is 6. The zero-order valence-electron chi connectivity index (χ0n) is 15.2. The number of phenolic OH excluding ortho intramolecular Hbond substituents is 1. The van der Waals surface area contributed by atoms with Crippen molar-refractivity contribution in [1.29, 1.82) is 0 Å². The van der Waals surface area contributed by atoms with E-state index in [1.165, 1.54) is 25.3 Å². The van der Waals surface area contributed by atoms with Crippen LogP contribution in [0.1, 0.15) is 40.5 Å². The third-order valence-corrected chi connectivity index (χ3v) is 3.42. The normalized spacial score (nSPS) is 9.50. The van der Waals surface area contributed by atoms with Gasteiger partial charge in [-0.2, -0.15) is 0 Å². The Balaban J connectivity index is 0.000000273. The molecule has 0 radical (unpaired) electrons. The van der Waals surface area contributed by atoms with Gasteiger partial charge >= 0.3 is 0 Å². The minimum atomic E-state index is 0.0399. The molecule has 0 aliphatic rings. The van der Waals surface area contributed by atoms with Gasteiger partial charge in [-0.25, -0.2) is 0 Å². The molecule has 0 fully saturated rings. The lowest BCUT2D eigenvalue weighted by molar-refractivity contribution is 0.111. The Morgan fingerprint density at radius 3 is 2.00 bits per heavy atom. The summed E-state index contributed by atoms with van der Waals surface area (Å²) in [5.74, 6) is 1.65. The second-order valence-corrected chi connectivity index (χ2v) is 5.28. The quantitative estimate of drug-likeness (QED) is 0.568. The molecular formula is C20H24O6. The summed E-state index contributed by atoms with van der Waals surface area (Å²) in [5, 5.41) is 9.09. The van der Waals surface area contributed by atoms with E-state index in [2.05, 4.69) is 6.92 Å². The van der Waals surface area contributed by atoms with Gasteiger partial charge in [0.05, 0.1) is 20.8 Å². The fourth-order valence-electron chi connectivity index (χ4n) is 1.97. The number of aldehydes is 2.